The summed E-state index contributed by atoms with van der Waals surface area (Å²) in [4.78, 5) is 2.23. The standard InChI is InChI=1S/C36H41NO5/c38-22-21-37-23-34(40-25-30-15-7-2-8-16-30)36(42-27-32-19-11-4-12-20-32)35(41-26-31-17-9-3-10-18-31)33(37)28-39-24-29-13-5-1-6-14-29/h1-20,33-36,38H,21-28H2/t33-,34+,35-,36-/m1/s1. The van der Waals surface area contributed by atoms with E-state index in [9.17, 15) is 5.11 Å². The molecule has 1 aliphatic rings. The summed E-state index contributed by atoms with van der Waals surface area (Å²) in [6, 6.07) is 40.6. The molecule has 4 atom stereocenters. The summed E-state index contributed by atoms with van der Waals surface area (Å²) in [5, 5.41) is 10.1. The average molecular weight is 568 g/mol. The molecule has 1 saturated heterocycles. The van der Waals surface area contributed by atoms with Gasteiger partial charge in [0.05, 0.1) is 51.8 Å². The number of likely N-dealkylation sites (tertiary alicyclic amines) is 1. The second kappa shape index (κ2) is 16.3. The average Bonchev–Trinajstić information content (AvgIpc) is 3.05. The van der Waals surface area contributed by atoms with E-state index in [-0.39, 0.29) is 31.0 Å². The van der Waals surface area contributed by atoms with Crippen molar-refractivity contribution in [3.8, 4) is 0 Å². The van der Waals surface area contributed by atoms with Gasteiger partial charge in [0.25, 0.3) is 0 Å². The molecule has 1 aliphatic heterocycles. The number of β-amino-alcohol motifs (C(OH)–C–C–N with tert-alkyl or cyclic N) is 1. The molecule has 6 nitrogen and oxygen atoms in total. The summed E-state index contributed by atoms with van der Waals surface area (Å²) in [7, 11) is 0. The van der Waals surface area contributed by atoms with Gasteiger partial charge in [0.15, 0.2) is 0 Å². The van der Waals surface area contributed by atoms with Crippen LogP contribution in [0.1, 0.15) is 22.3 Å². The van der Waals surface area contributed by atoms with Gasteiger partial charge in [0.2, 0.25) is 0 Å². The Kier molecular flexibility index (Phi) is 11.7. The first kappa shape index (κ1) is 30.1. The van der Waals surface area contributed by atoms with Crippen LogP contribution in [0, 0.1) is 0 Å². The van der Waals surface area contributed by atoms with Gasteiger partial charge in [-0.25, -0.2) is 0 Å². The zero-order valence-corrected chi connectivity index (χ0v) is 24.0. The Labute approximate surface area is 249 Å². The van der Waals surface area contributed by atoms with E-state index in [4.69, 9.17) is 18.9 Å². The van der Waals surface area contributed by atoms with Gasteiger partial charge in [-0.1, -0.05) is 121 Å². The molecular formula is C36H41NO5. The predicted octanol–water partition coefficient (Wildman–Crippen LogP) is 5.64. The van der Waals surface area contributed by atoms with Crippen LogP contribution in [0.3, 0.4) is 0 Å². The summed E-state index contributed by atoms with van der Waals surface area (Å²) < 4.78 is 26.3. The van der Waals surface area contributed by atoms with Crippen molar-refractivity contribution in [1.29, 1.82) is 0 Å². The molecule has 5 rings (SSSR count). The van der Waals surface area contributed by atoms with Crippen LogP contribution in [0.2, 0.25) is 0 Å². The van der Waals surface area contributed by atoms with Crippen molar-refractivity contribution >= 4 is 0 Å². The number of piperidine rings is 1. The summed E-state index contributed by atoms with van der Waals surface area (Å²) in [6.07, 6.45) is -0.977. The maximum absolute atomic E-state index is 10.1. The maximum atomic E-state index is 10.1. The Morgan fingerprint density at radius 1 is 0.548 bits per heavy atom. The van der Waals surface area contributed by atoms with Gasteiger partial charge in [-0.15, -0.1) is 0 Å². The van der Waals surface area contributed by atoms with Crippen molar-refractivity contribution in [1.82, 2.24) is 4.90 Å². The van der Waals surface area contributed by atoms with E-state index in [0.29, 0.717) is 46.1 Å². The van der Waals surface area contributed by atoms with Crippen LogP contribution in [-0.2, 0) is 45.4 Å². The highest BCUT2D eigenvalue weighted by molar-refractivity contribution is 5.16. The van der Waals surface area contributed by atoms with Gasteiger partial charge >= 0.3 is 0 Å². The van der Waals surface area contributed by atoms with Crippen molar-refractivity contribution in [2.45, 2.75) is 50.8 Å². The summed E-state index contributed by atoms with van der Waals surface area (Å²) >= 11 is 0. The van der Waals surface area contributed by atoms with E-state index >= 15 is 0 Å². The Balaban J connectivity index is 1.40. The van der Waals surface area contributed by atoms with Crippen LogP contribution in [0.15, 0.2) is 121 Å². The summed E-state index contributed by atoms with van der Waals surface area (Å²) in [5.41, 5.74) is 4.40. The molecule has 0 aliphatic carbocycles. The topological polar surface area (TPSA) is 60.4 Å². The normalized spacial score (nSPS) is 20.9. The minimum Gasteiger partial charge on any atom is -0.395 e. The maximum Gasteiger partial charge on any atom is 0.113 e. The highest BCUT2D eigenvalue weighted by Crippen LogP contribution is 2.29. The molecule has 0 radical (unpaired) electrons. The third kappa shape index (κ3) is 8.82. The molecule has 4 aromatic rings. The van der Waals surface area contributed by atoms with E-state index in [1.165, 1.54) is 0 Å². The minimum atomic E-state index is -0.356. The van der Waals surface area contributed by atoms with Crippen molar-refractivity contribution < 1.29 is 24.1 Å². The number of aliphatic hydroxyl groups is 1. The molecule has 0 aromatic heterocycles. The molecule has 0 bridgehead atoms. The Morgan fingerprint density at radius 2 is 0.976 bits per heavy atom. The molecule has 1 N–H and O–H groups in total. The van der Waals surface area contributed by atoms with Crippen LogP contribution in [0.4, 0.5) is 0 Å². The zero-order chi connectivity index (χ0) is 28.8. The van der Waals surface area contributed by atoms with Gasteiger partial charge < -0.3 is 24.1 Å². The highest BCUT2D eigenvalue weighted by atomic mass is 16.6. The number of hydrogen-bond donors (Lipinski definition) is 1. The summed E-state index contributed by atoms with van der Waals surface area (Å²) in [6.45, 7) is 3.39. The van der Waals surface area contributed by atoms with Crippen molar-refractivity contribution in [2.75, 3.05) is 26.3 Å². The summed E-state index contributed by atoms with van der Waals surface area (Å²) in [5.74, 6) is 0. The van der Waals surface area contributed by atoms with E-state index in [2.05, 4.69) is 53.4 Å². The van der Waals surface area contributed by atoms with Crippen LogP contribution in [0.25, 0.3) is 0 Å². The monoisotopic (exact) mass is 567 g/mol. The molecule has 220 valence electrons. The Bertz CT molecular complexity index is 1280. The predicted molar refractivity (Wildman–Crippen MR) is 164 cm³/mol. The molecule has 1 fully saturated rings. The first-order valence-electron chi connectivity index (χ1n) is 14.7. The fourth-order valence-corrected chi connectivity index (χ4v) is 5.43. The second-order valence-corrected chi connectivity index (χ2v) is 10.6. The highest BCUT2D eigenvalue weighted by Gasteiger charge is 2.46. The molecule has 0 unspecified atom stereocenters. The van der Waals surface area contributed by atoms with Crippen molar-refractivity contribution in [3.05, 3.63) is 144 Å². The van der Waals surface area contributed by atoms with Gasteiger partial charge in [-0.2, -0.15) is 0 Å². The van der Waals surface area contributed by atoms with Crippen molar-refractivity contribution in [3.63, 3.8) is 0 Å². The molecule has 0 spiro atoms. The molecule has 1 heterocycles. The number of aliphatic hydroxyl groups excluding tert-OH is 1. The van der Waals surface area contributed by atoms with E-state index < -0.39 is 0 Å². The van der Waals surface area contributed by atoms with Gasteiger partial charge in [-0.3, -0.25) is 4.90 Å². The zero-order valence-electron chi connectivity index (χ0n) is 24.0. The van der Waals surface area contributed by atoms with Crippen LogP contribution in [0.5, 0.6) is 0 Å². The number of ether oxygens (including phenoxy) is 4. The fraction of sp³-hybridized carbons (Fsp3) is 0.333. The van der Waals surface area contributed by atoms with E-state index in [1.807, 2.05) is 72.8 Å². The minimum absolute atomic E-state index is 0.0293. The first-order valence-corrected chi connectivity index (χ1v) is 14.7. The number of hydrogen-bond acceptors (Lipinski definition) is 6. The SMILES string of the molecule is OCCN1C[C@H](OCc2ccccc2)[C@@H](OCc2ccccc2)[C@H](OCc2ccccc2)[C@H]1COCc1ccccc1. The second-order valence-electron chi connectivity index (χ2n) is 10.6. The Hall–Kier alpha value is -3.36. The van der Waals surface area contributed by atoms with Gasteiger partial charge in [0, 0.05) is 13.1 Å². The van der Waals surface area contributed by atoms with E-state index in [0.717, 1.165) is 22.3 Å². The fourth-order valence-electron chi connectivity index (χ4n) is 5.43. The van der Waals surface area contributed by atoms with Crippen molar-refractivity contribution in [2.24, 2.45) is 0 Å². The largest absolute Gasteiger partial charge is 0.395 e. The molecule has 4 aromatic carbocycles. The molecule has 0 amide bonds. The smallest absolute Gasteiger partial charge is 0.113 e. The Morgan fingerprint density at radius 3 is 1.45 bits per heavy atom. The molecular weight excluding hydrogens is 526 g/mol. The molecule has 42 heavy (non-hydrogen) atoms. The lowest BCUT2D eigenvalue weighted by Gasteiger charge is -2.48. The van der Waals surface area contributed by atoms with Gasteiger partial charge in [0.1, 0.15) is 12.2 Å². The number of benzene rings is 4. The lowest BCUT2D eigenvalue weighted by Crippen LogP contribution is -2.65. The quantitative estimate of drug-likeness (QED) is 0.201. The lowest BCUT2D eigenvalue weighted by atomic mass is 9.93. The van der Waals surface area contributed by atoms with E-state index in [1.54, 1.807) is 0 Å². The third-order valence-electron chi connectivity index (χ3n) is 7.62. The number of nitrogens with zero attached hydrogens (tertiary/aromatic N) is 1. The van der Waals surface area contributed by atoms with Crippen LogP contribution >= 0.6 is 0 Å². The molecule has 0 saturated carbocycles. The lowest BCUT2D eigenvalue weighted by molar-refractivity contribution is -0.211. The molecule has 6 heteroatoms. The van der Waals surface area contributed by atoms with Crippen LogP contribution in [-0.4, -0.2) is 60.7 Å². The number of rotatable bonds is 15. The first-order chi connectivity index (χ1) is 20.8. The third-order valence-corrected chi connectivity index (χ3v) is 7.62. The van der Waals surface area contributed by atoms with Gasteiger partial charge in [-0.05, 0) is 22.3 Å². The van der Waals surface area contributed by atoms with Crippen LogP contribution < -0.4 is 0 Å².